The Labute approximate surface area is 71.0 Å². The van der Waals surface area contributed by atoms with Gasteiger partial charge in [0, 0.05) is 12.6 Å². The third-order valence-electron chi connectivity index (χ3n) is 1.39. The predicted octanol–water partition coefficient (Wildman–Crippen LogP) is -1.21. The highest BCUT2D eigenvalue weighted by Crippen LogP contribution is 1.90. The first kappa shape index (κ1) is 11.4. The Morgan fingerprint density at radius 2 is 2.17 bits per heavy atom. The average molecular weight is 177 g/mol. The number of hydrogen-bond acceptors (Lipinski definition) is 4. The molecule has 0 aromatic heterocycles. The summed E-state index contributed by atoms with van der Waals surface area (Å²) in [7, 11) is 0. The van der Waals surface area contributed by atoms with Crippen LogP contribution in [0.5, 0.6) is 0 Å². The van der Waals surface area contributed by atoms with Crippen LogP contribution in [0.2, 0.25) is 0 Å². The first-order chi connectivity index (χ1) is 5.56. The molecule has 0 rings (SSSR count). The van der Waals surface area contributed by atoms with Crippen molar-refractivity contribution in [2.24, 2.45) is 0 Å². The minimum absolute atomic E-state index is 0.0121. The lowest BCUT2D eigenvalue weighted by Crippen LogP contribution is -2.36. The van der Waals surface area contributed by atoms with Crippen LogP contribution in [0.1, 0.15) is 13.3 Å². The highest BCUT2D eigenvalue weighted by atomic mass is 16.4. The molecule has 0 saturated carbocycles. The number of carboxylic acids is 1. The second-order valence-corrected chi connectivity index (χ2v) is 2.74. The van der Waals surface area contributed by atoms with Crippen molar-refractivity contribution in [1.82, 2.24) is 5.32 Å². The van der Waals surface area contributed by atoms with Crippen LogP contribution in [0.4, 0.5) is 0 Å². The minimum atomic E-state index is -0.881. The van der Waals surface area contributed by atoms with Gasteiger partial charge in [-0.05, 0) is 6.92 Å². The van der Waals surface area contributed by atoms with E-state index in [4.69, 9.17) is 15.3 Å². The summed E-state index contributed by atoms with van der Waals surface area (Å²) in [6, 6.07) is -0.191. The van der Waals surface area contributed by atoms with Crippen molar-refractivity contribution in [3.8, 4) is 0 Å². The highest BCUT2D eigenvalue weighted by Gasteiger charge is 2.08. The molecule has 0 aliphatic rings. The predicted molar refractivity (Wildman–Crippen MR) is 42.8 cm³/mol. The van der Waals surface area contributed by atoms with Gasteiger partial charge >= 0.3 is 5.97 Å². The van der Waals surface area contributed by atoms with Gasteiger partial charge in [0.2, 0.25) is 0 Å². The zero-order valence-corrected chi connectivity index (χ0v) is 7.03. The molecule has 5 heteroatoms. The maximum Gasteiger partial charge on any atom is 0.304 e. The summed E-state index contributed by atoms with van der Waals surface area (Å²) in [5, 5.41) is 28.4. The van der Waals surface area contributed by atoms with Gasteiger partial charge in [0.25, 0.3) is 0 Å². The largest absolute Gasteiger partial charge is 0.481 e. The quantitative estimate of drug-likeness (QED) is 0.409. The molecule has 2 unspecified atom stereocenters. The van der Waals surface area contributed by atoms with E-state index in [1.165, 1.54) is 0 Å². The molecule has 72 valence electrons. The number of carbonyl (C=O) groups is 1. The molecule has 0 heterocycles. The summed E-state index contributed by atoms with van der Waals surface area (Å²) in [5.74, 6) is -0.881. The minimum Gasteiger partial charge on any atom is -0.481 e. The Hall–Kier alpha value is -0.650. The summed E-state index contributed by atoms with van der Waals surface area (Å²) >= 11 is 0. The average Bonchev–Trinajstić information content (AvgIpc) is 1.99. The second kappa shape index (κ2) is 5.93. The fourth-order valence-corrected chi connectivity index (χ4v) is 0.736. The number of rotatable bonds is 6. The van der Waals surface area contributed by atoms with Crippen molar-refractivity contribution in [3.63, 3.8) is 0 Å². The lowest BCUT2D eigenvalue weighted by Gasteiger charge is -2.13. The molecule has 4 N–H and O–H groups in total. The van der Waals surface area contributed by atoms with Gasteiger partial charge in [-0.3, -0.25) is 4.79 Å². The molecule has 0 spiro atoms. The molecular weight excluding hydrogens is 162 g/mol. The van der Waals surface area contributed by atoms with Crippen LogP contribution in [0, 0.1) is 0 Å². The molecule has 0 aromatic carbocycles. The van der Waals surface area contributed by atoms with Gasteiger partial charge in [-0.15, -0.1) is 0 Å². The van der Waals surface area contributed by atoms with Crippen LogP contribution in [0.15, 0.2) is 0 Å². The van der Waals surface area contributed by atoms with Crippen molar-refractivity contribution < 1.29 is 20.1 Å². The number of carboxylic acid groups (broad SMARTS) is 1. The zero-order chi connectivity index (χ0) is 9.56. The molecule has 0 aliphatic heterocycles. The molecule has 0 fully saturated rings. The fourth-order valence-electron chi connectivity index (χ4n) is 0.736. The van der Waals surface area contributed by atoms with Crippen molar-refractivity contribution >= 4 is 5.97 Å². The second-order valence-electron chi connectivity index (χ2n) is 2.74. The van der Waals surface area contributed by atoms with Crippen molar-refractivity contribution in [1.29, 1.82) is 0 Å². The van der Waals surface area contributed by atoms with Gasteiger partial charge in [0.05, 0.1) is 19.1 Å². The van der Waals surface area contributed by atoms with E-state index in [1.54, 1.807) is 6.92 Å². The van der Waals surface area contributed by atoms with E-state index in [0.717, 1.165) is 0 Å². The third kappa shape index (κ3) is 6.09. The number of aliphatic carboxylic acids is 1. The van der Waals surface area contributed by atoms with Crippen molar-refractivity contribution in [2.75, 3.05) is 13.2 Å². The van der Waals surface area contributed by atoms with E-state index in [0.29, 0.717) is 0 Å². The standard InChI is InChI=1S/C7H15NO4/c1-5(2-7(11)12)8-3-6(10)4-9/h5-6,8-10H,2-4H2,1H3,(H,11,12). The summed E-state index contributed by atoms with van der Waals surface area (Å²) in [5.41, 5.74) is 0. The molecule has 0 saturated heterocycles. The van der Waals surface area contributed by atoms with E-state index < -0.39 is 12.1 Å². The van der Waals surface area contributed by atoms with Gasteiger partial charge in [0.15, 0.2) is 0 Å². The molecule has 12 heavy (non-hydrogen) atoms. The van der Waals surface area contributed by atoms with Crippen molar-refractivity contribution in [2.45, 2.75) is 25.5 Å². The highest BCUT2D eigenvalue weighted by molar-refractivity contribution is 5.67. The number of nitrogens with one attached hydrogen (secondary N) is 1. The number of hydrogen-bond donors (Lipinski definition) is 4. The van der Waals surface area contributed by atoms with Gasteiger partial charge < -0.3 is 20.6 Å². The Morgan fingerprint density at radius 3 is 2.58 bits per heavy atom. The monoisotopic (exact) mass is 177 g/mol. The topological polar surface area (TPSA) is 89.8 Å². The van der Waals surface area contributed by atoms with Crippen LogP contribution in [0.25, 0.3) is 0 Å². The molecule has 0 bridgehead atoms. The van der Waals surface area contributed by atoms with Crippen LogP contribution >= 0.6 is 0 Å². The Bertz CT molecular complexity index is 139. The van der Waals surface area contributed by atoms with E-state index in [2.05, 4.69) is 5.32 Å². The molecular formula is C7H15NO4. The smallest absolute Gasteiger partial charge is 0.304 e. The van der Waals surface area contributed by atoms with Gasteiger partial charge in [-0.25, -0.2) is 0 Å². The van der Waals surface area contributed by atoms with E-state index >= 15 is 0 Å². The zero-order valence-electron chi connectivity index (χ0n) is 7.03. The van der Waals surface area contributed by atoms with Crippen LogP contribution in [-0.2, 0) is 4.79 Å². The molecule has 0 aromatic rings. The van der Waals surface area contributed by atoms with E-state index in [-0.39, 0.29) is 25.6 Å². The third-order valence-corrected chi connectivity index (χ3v) is 1.39. The first-order valence-corrected chi connectivity index (χ1v) is 3.80. The van der Waals surface area contributed by atoms with Crippen molar-refractivity contribution in [3.05, 3.63) is 0 Å². The van der Waals surface area contributed by atoms with Gasteiger partial charge in [-0.1, -0.05) is 0 Å². The Kier molecular flexibility index (Phi) is 5.61. The van der Waals surface area contributed by atoms with Gasteiger partial charge in [0.1, 0.15) is 0 Å². The number of aliphatic hydroxyl groups is 2. The Balaban J connectivity index is 3.43. The summed E-state index contributed by atoms with van der Waals surface area (Å²) < 4.78 is 0. The summed E-state index contributed by atoms with van der Waals surface area (Å²) in [4.78, 5) is 10.2. The normalized spacial score (nSPS) is 15.6. The molecule has 2 atom stereocenters. The van der Waals surface area contributed by atoms with Crippen LogP contribution < -0.4 is 5.32 Å². The maximum atomic E-state index is 10.2. The Morgan fingerprint density at radius 1 is 1.58 bits per heavy atom. The molecule has 0 radical (unpaired) electrons. The van der Waals surface area contributed by atoms with E-state index in [1.807, 2.05) is 0 Å². The van der Waals surface area contributed by atoms with E-state index in [9.17, 15) is 4.79 Å². The summed E-state index contributed by atoms with van der Waals surface area (Å²) in [6.07, 6.45) is -0.806. The SMILES string of the molecule is CC(CC(=O)O)NCC(O)CO. The summed E-state index contributed by atoms with van der Waals surface area (Å²) in [6.45, 7) is 1.61. The fraction of sp³-hybridized carbons (Fsp3) is 0.857. The number of aliphatic hydroxyl groups excluding tert-OH is 2. The molecule has 0 aliphatic carbocycles. The van der Waals surface area contributed by atoms with Crippen LogP contribution in [-0.4, -0.2) is 46.6 Å². The molecule has 0 amide bonds. The maximum absolute atomic E-state index is 10.2. The lowest BCUT2D eigenvalue weighted by molar-refractivity contribution is -0.137. The first-order valence-electron chi connectivity index (χ1n) is 3.80. The molecule has 5 nitrogen and oxygen atoms in total. The van der Waals surface area contributed by atoms with Crippen LogP contribution in [0.3, 0.4) is 0 Å². The van der Waals surface area contributed by atoms with Gasteiger partial charge in [-0.2, -0.15) is 0 Å². The lowest BCUT2D eigenvalue weighted by atomic mass is 10.2.